The molecule has 1 atom stereocenters. The summed E-state index contributed by atoms with van der Waals surface area (Å²) in [6.45, 7) is 14.3. The van der Waals surface area contributed by atoms with Crippen molar-refractivity contribution in [1.29, 1.82) is 0 Å². The SMILES string of the molecule is CCNC(=NCCc1ccc(C)cc1C)N1CCC(N2CCOCC2)C1. The van der Waals surface area contributed by atoms with Crippen LogP contribution in [0.5, 0.6) is 0 Å². The first-order chi connectivity index (χ1) is 12.7. The van der Waals surface area contributed by atoms with E-state index in [0.717, 1.165) is 64.9 Å². The van der Waals surface area contributed by atoms with Crippen molar-refractivity contribution in [2.45, 2.75) is 39.7 Å². The molecule has 1 N–H and O–H groups in total. The number of benzene rings is 1. The number of ether oxygens (including phenoxy) is 1. The van der Waals surface area contributed by atoms with Gasteiger partial charge >= 0.3 is 0 Å². The minimum atomic E-state index is 0.641. The van der Waals surface area contributed by atoms with E-state index < -0.39 is 0 Å². The zero-order valence-electron chi connectivity index (χ0n) is 16.6. The second-order valence-electron chi connectivity index (χ2n) is 7.45. The van der Waals surface area contributed by atoms with Crippen molar-refractivity contribution in [3.8, 4) is 0 Å². The van der Waals surface area contributed by atoms with Crippen LogP contribution in [0, 0.1) is 13.8 Å². The van der Waals surface area contributed by atoms with Crippen molar-refractivity contribution < 1.29 is 4.74 Å². The second-order valence-corrected chi connectivity index (χ2v) is 7.45. The Kier molecular flexibility index (Phi) is 6.92. The van der Waals surface area contributed by atoms with Gasteiger partial charge < -0.3 is 15.0 Å². The molecule has 2 heterocycles. The summed E-state index contributed by atoms with van der Waals surface area (Å²) >= 11 is 0. The van der Waals surface area contributed by atoms with Gasteiger partial charge in [-0.05, 0) is 44.7 Å². The lowest BCUT2D eigenvalue weighted by atomic mass is 10.0. The van der Waals surface area contributed by atoms with Crippen LogP contribution in [0.2, 0.25) is 0 Å². The maximum atomic E-state index is 5.49. The Morgan fingerprint density at radius 3 is 2.77 bits per heavy atom. The van der Waals surface area contributed by atoms with E-state index in [1.807, 2.05) is 0 Å². The minimum Gasteiger partial charge on any atom is -0.379 e. The predicted octanol–water partition coefficient (Wildman–Crippen LogP) is 2.22. The molecule has 2 fully saturated rings. The summed E-state index contributed by atoms with van der Waals surface area (Å²) in [5.41, 5.74) is 4.11. The van der Waals surface area contributed by atoms with E-state index in [4.69, 9.17) is 9.73 Å². The third kappa shape index (κ3) is 4.98. The third-order valence-corrected chi connectivity index (χ3v) is 5.50. The molecule has 1 unspecified atom stereocenters. The number of rotatable bonds is 5. The molecule has 2 aliphatic rings. The number of guanidine groups is 1. The van der Waals surface area contributed by atoms with Crippen molar-refractivity contribution in [1.82, 2.24) is 15.1 Å². The summed E-state index contributed by atoms with van der Waals surface area (Å²) in [5, 5.41) is 3.49. The highest BCUT2D eigenvalue weighted by Crippen LogP contribution is 2.17. The minimum absolute atomic E-state index is 0.641. The van der Waals surface area contributed by atoms with E-state index >= 15 is 0 Å². The lowest BCUT2D eigenvalue weighted by Gasteiger charge is -2.32. The summed E-state index contributed by atoms with van der Waals surface area (Å²) in [6, 6.07) is 7.35. The van der Waals surface area contributed by atoms with Crippen molar-refractivity contribution in [3.05, 3.63) is 34.9 Å². The summed E-state index contributed by atoms with van der Waals surface area (Å²) in [7, 11) is 0. The van der Waals surface area contributed by atoms with Crippen molar-refractivity contribution in [2.75, 3.05) is 52.5 Å². The van der Waals surface area contributed by atoms with Gasteiger partial charge in [0.1, 0.15) is 0 Å². The van der Waals surface area contributed by atoms with E-state index in [1.54, 1.807) is 0 Å². The van der Waals surface area contributed by atoms with E-state index in [9.17, 15) is 0 Å². The summed E-state index contributed by atoms with van der Waals surface area (Å²) in [6.07, 6.45) is 2.23. The Labute approximate surface area is 158 Å². The normalized spacial score (nSPS) is 22.0. The standard InChI is InChI=1S/C21H34N4O/c1-4-22-21(23-9-7-19-6-5-17(2)15-18(19)3)25-10-8-20(16-25)24-11-13-26-14-12-24/h5-6,15,20H,4,7-14,16H2,1-3H3,(H,22,23). The van der Waals surface area contributed by atoms with Gasteiger partial charge in [-0.2, -0.15) is 0 Å². The Bertz CT molecular complexity index is 610. The molecule has 0 spiro atoms. The van der Waals surface area contributed by atoms with Crippen molar-refractivity contribution in [2.24, 2.45) is 4.99 Å². The smallest absolute Gasteiger partial charge is 0.193 e. The van der Waals surface area contributed by atoms with Gasteiger partial charge in [-0.15, -0.1) is 0 Å². The number of likely N-dealkylation sites (tertiary alicyclic amines) is 1. The molecule has 5 nitrogen and oxygen atoms in total. The van der Waals surface area contributed by atoms with Gasteiger partial charge in [-0.25, -0.2) is 0 Å². The van der Waals surface area contributed by atoms with Crippen LogP contribution in [0.25, 0.3) is 0 Å². The number of hydrogen-bond acceptors (Lipinski definition) is 3. The van der Waals surface area contributed by atoms with E-state index in [2.05, 4.69) is 54.1 Å². The van der Waals surface area contributed by atoms with Crippen LogP contribution < -0.4 is 5.32 Å². The molecular weight excluding hydrogens is 324 g/mol. The molecule has 0 aromatic heterocycles. The average Bonchev–Trinajstić information content (AvgIpc) is 3.13. The molecule has 26 heavy (non-hydrogen) atoms. The Balaban J connectivity index is 1.56. The molecule has 144 valence electrons. The second kappa shape index (κ2) is 9.38. The molecule has 3 rings (SSSR count). The fourth-order valence-corrected chi connectivity index (χ4v) is 4.01. The molecule has 2 saturated heterocycles. The Hall–Kier alpha value is -1.59. The largest absolute Gasteiger partial charge is 0.379 e. The summed E-state index contributed by atoms with van der Waals surface area (Å²) < 4.78 is 5.49. The van der Waals surface area contributed by atoms with Crippen molar-refractivity contribution >= 4 is 5.96 Å². The van der Waals surface area contributed by atoms with Gasteiger partial charge in [0.2, 0.25) is 0 Å². The predicted molar refractivity (Wildman–Crippen MR) is 108 cm³/mol. The van der Waals surface area contributed by atoms with Crippen LogP contribution in [-0.2, 0) is 11.2 Å². The summed E-state index contributed by atoms with van der Waals surface area (Å²) in [5.74, 6) is 1.08. The molecule has 0 radical (unpaired) electrons. The zero-order chi connectivity index (χ0) is 18.4. The maximum absolute atomic E-state index is 5.49. The fourth-order valence-electron chi connectivity index (χ4n) is 4.01. The van der Waals surface area contributed by atoms with Gasteiger partial charge in [0.05, 0.1) is 13.2 Å². The zero-order valence-corrected chi connectivity index (χ0v) is 16.6. The van der Waals surface area contributed by atoms with Gasteiger partial charge in [-0.1, -0.05) is 23.8 Å². The van der Waals surface area contributed by atoms with Gasteiger partial charge in [-0.3, -0.25) is 9.89 Å². The highest BCUT2D eigenvalue weighted by Gasteiger charge is 2.30. The van der Waals surface area contributed by atoms with Gasteiger partial charge in [0, 0.05) is 45.3 Å². The Morgan fingerprint density at radius 1 is 1.23 bits per heavy atom. The van der Waals surface area contributed by atoms with Crippen molar-refractivity contribution in [3.63, 3.8) is 0 Å². The van der Waals surface area contributed by atoms with Gasteiger partial charge in [0.15, 0.2) is 5.96 Å². The number of nitrogens with one attached hydrogen (secondary N) is 1. The monoisotopic (exact) mass is 358 g/mol. The first-order valence-electron chi connectivity index (χ1n) is 10.1. The van der Waals surface area contributed by atoms with Crippen LogP contribution in [0.4, 0.5) is 0 Å². The van der Waals surface area contributed by atoms with E-state index in [1.165, 1.54) is 23.1 Å². The van der Waals surface area contributed by atoms with E-state index in [0.29, 0.717) is 6.04 Å². The number of hydrogen-bond donors (Lipinski definition) is 1. The van der Waals surface area contributed by atoms with Gasteiger partial charge in [0.25, 0.3) is 0 Å². The maximum Gasteiger partial charge on any atom is 0.193 e. The molecule has 0 amide bonds. The first-order valence-corrected chi connectivity index (χ1v) is 10.1. The molecular formula is C21H34N4O. The highest BCUT2D eigenvalue weighted by molar-refractivity contribution is 5.80. The van der Waals surface area contributed by atoms with Crippen LogP contribution in [0.15, 0.2) is 23.2 Å². The molecule has 0 aliphatic carbocycles. The number of aliphatic imine (C=N–C) groups is 1. The Morgan fingerprint density at radius 2 is 2.04 bits per heavy atom. The molecule has 1 aromatic rings. The molecule has 5 heteroatoms. The van der Waals surface area contributed by atoms with Crippen LogP contribution in [-0.4, -0.2) is 74.3 Å². The topological polar surface area (TPSA) is 40.1 Å². The molecule has 2 aliphatic heterocycles. The quantitative estimate of drug-likeness (QED) is 0.647. The molecule has 0 bridgehead atoms. The lowest BCUT2D eigenvalue weighted by molar-refractivity contribution is 0.0195. The molecule has 1 aromatic carbocycles. The van der Waals surface area contributed by atoms with Crippen LogP contribution in [0.1, 0.15) is 30.0 Å². The summed E-state index contributed by atoms with van der Waals surface area (Å²) in [4.78, 5) is 9.94. The van der Waals surface area contributed by atoms with Crippen LogP contribution in [0.3, 0.4) is 0 Å². The van der Waals surface area contributed by atoms with Crippen LogP contribution >= 0.6 is 0 Å². The lowest BCUT2D eigenvalue weighted by Crippen LogP contribution is -2.46. The average molecular weight is 359 g/mol. The third-order valence-electron chi connectivity index (χ3n) is 5.50. The number of nitrogens with zero attached hydrogens (tertiary/aromatic N) is 3. The first kappa shape index (κ1) is 19.2. The molecule has 0 saturated carbocycles. The number of aryl methyl sites for hydroxylation is 2. The highest BCUT2D eigenvalue weighted by atomic mass is 16.5. The fraction of sp³-hybridized carbons (Fsp3) is 0.667. The number of morpholine rings is 1. The van der Waals surface area contributed by atoms with E-state index in [-0.39, 0.29) is 0 Å².